The van der Waals surface area contributed by atoms with Crippen LogP contribution >= 0.6 is 0 Å². The Hall–Kier alpha value is -1.66. The fourth-order valence-corrected chi connectivity index (χ4v) is 1.85. The average Bonchev–Trinajstić information content (AvgIpc) is 2.73. The first-order valence-electron chi connectivity index (χ1n) is 5.20. The van der Waals surface area contributed by atoms with Gasteiger partial charge in [-0.3, -0.25) is 4.40 Å². The molecule has 0 radical (unpaired) electrons. The van der Waals surface area contributed by atoms with Crippen LogP contribution in [0.4, 0.5) is 0 Å². The number of nitrogens with zero attached hydrogens (tertiary/aromatic N) is 3. The Balaban J connectivity index is 2.05. The highest BCUT2D eigenvalue weighted by molar-refractivity contribution is 5.41. The standard InChI is InChI=1S/C10H12N4O2/c15-7-1-2-9-12-13-10(14(9)6-7)8-5-11-3-4-16-8/h1-2,6,8,11,15H,3-5H2. The molecule has 0 aliphatic carbocycles. The van der Waals surface area contributed by atoms with Crippen LogP contribution in [0.5, 0.6) is 5.75 Å². The predicted octanol–water partition coefficient (Wildman–Crippen LogP) is 0.0958. The molecule has 3 heterocycles. The molecular weight excluding hydrogens is 208 g/mol. The Morgan fingerprint density at radius 3 is 3.19 bits per heavy atom. The Morgan fingerprint density at radius 1 is 1.44 bits per heavy atom. The number of aromatic nitrogens is 3. The van der Waals surface area contributed by atoms with Gasteiger partial charge >= 0.3 is 0 Å². The molecule has 1 unspecified atom stereocenters. The van der Waals surface area contributed by atoms with E-state index in [-0.39, 0.29) is 11.9 Å². The number of nitrogens with one attached hydrogen (secondary N) is 1. The molecule has 2 aromatic heterocycles. The first kappa shape index (κ1) is 9.56. The number of ether oxygens (including phenoxy) is 1. The second kappa shape index (κ2) is 3.73. The predicted molar refractivity (Wildman–Crippen MR) is 56.2 cm³/mol. The molecule has 1 aliphatic rings. The van der Waals surface area contributed by atoms with E-state index in [4.69, 9.17) is 4.74 Å². The van der Waals surface area contributed by atoms with Gasteiger partial charge in [0.25, 0.3) is 0 Å². The van der Waals surface area contributed by atoms with Gasteiger partial charge in [0.05, 0.1) is 12.8 Å². The van der Waals surface area contributed by atoms with Crippen molar-refractivity contribution in [2.75, 3.05) is 19.7 Å². The van der Waals surface area contributed by atoms with Crippen LogP contribution in [0.15, 0.2) is 18.3 Å². The van der Waals surface area contributed by atoms with Gasteiger partial charge in [0.1, 0.15) is 11.9 Å². The van der Waals surface area contributed by atoms with E-state index in [0.717, 1.165) is 18.9 Å². The number of pyridine rings is 1. The summed E-state index contributed by atoms with van der Waals surface area (Å²) < 4.78 is 7.36. The molecule has 16 heavy (non-hydrogen) atoms. The van der Waals surface area contributed by atoms with E-state index in [9.17, 15) is 5.11 Å². The van der Waals surface area contributed by atoms with Gasteiger partial charge in [-0.2, -0.15) is 0 Å². The minimum atomic E-state index is -0.106. The number of morpholine rings is 1. The van der Waals surface area contributed by atoms with Crippen LogP contribution in [0.2, 0.25) is 0 Å². The van der Waals surface area contributed by atoms with Crippen molar-refractivity contribution >= 4 is 5.65 Å². The summed E-state index contributed by atoms with van der Waals surface area (Å²) in [6.45, 7) is 2.24. The molecule has 6 heteroatoms. The molecule has 6 nitrogen and oxygen atoms in total. The third-order valence-electron chi connectivity index (χ3n) is 2.63. The van der Waals surface area contributed by atoms with E-state index in [1.807, 2.05) is 0 Å². The van der Waals surface area contributed by atoms with E-state index in [1.165, 1.54) is 0 Å². The van der Waals surface area contributed by atoms with E-state index in [0.29, 0.717) is 12.3 Å². The molecule has 1 aliphatic heterocycles. The van der Waals surface area contributed by atoms with Crippen molar-refractivity contribution in [2.24, 2.45) is 0 Å². The van der Waals surface area contributed by atoms with Crippen molar-refractivity contribution in [3.63, 3.8) is 0 Å². The maximum absolute atomic E-state index is 9.44. The summed E-state index contributed by atoms with van der Waals surface area (Å²) >= 11 is 0. The molecule has 1 fully saturated rings. The molecule has 84 valence electrons. The van der Waals surface area contributed by atoms with Crippen LogP contribution in [0.1, 0.15) is 11.9 Å². The van der Waals surface area contributed by atoms with Crippen molar-refractivity contribution in [1.82, 2.24) is 19.9 Å². The highest BCUT2D eigenvalue weighted by Gasteiger charge is 2.21. The fraction of sp³-hybridized carbons (Fsp3) is 0.400. The summed E-state index contributed by atoms with van der Waals surface area (Å²) in [5.74, 6) is 0.912. The summed E-state index contributed by atoms with van der Waals surface area (Å²) in [5.41, 5.74) is 0.710. The third-order valence-corrected chi connectivity index (χ3v) is 2.63. The van der Waals surface area contributed by atoms with Gasteiger partial charge in [-0.1, -0.05) is 0 Å². The monoisotopic (exact) mass is 220 g/mol. The molecule has 0 amide bonds. The molecule has 0 aromatic carbocycles. The second-order valence-electron chi connectivity index (χ2n) is 3.74. The van der Waals surface area contributed by atoms with Gasteiger partial charge in [0, 0.05) is 13.1 Å². The third kappa shape index (κ3) is 1.52. The van der Waals surface area contributed by atoms with Crippen molar-refractivity contribution in [1.29, 1.82) is 0 Å². The van der Waals surface area contributed by atoms with E-state index >= 15 is 0 Å². The maximum Gasteiger partial charge on any atom is 0.168 e. The first-order valence-corrected chi connectivity index (χ1v) is 5.20. The molecule has 1 atom stereocenters. The highest BCUT2D eigenvalue weighted by Crippen LogP contribution is 2.19. The number of hydrogen-bond acceptors (Lipinski definition) is 5. The highest BCUT2D eigenvalue weighted by atomic mass is 16.5. The number of fused-ring (bicyclic) bond motifs is 1. The van der Waals surface area contributed by atoms with Crippen molar-refractivity contribution in [2.45, 2.75) is 6.10 Å². The lowest BCUT2D eigenvalue weighted by molar-refractivity contribution is 0.0215. The summed E-state index contributed by atoms with van der Waals surface area (Å²) in [6.07, 6.45) is 1.49. The summed E-state index contributed by atoms with van der Waals surface area (Å²) in [5, 5.41) is 20.8. The van der Waals surface area contributed by atoms with E-state index in [2.05, 4.69) is 15.5 Å². The van der Waals surface area contributed by atoms with Gasteiger partial charge < -0.3 is 15.2 Å². The Labute approximate surface area is 91.9 Å². The lowest BCUT2D eigenvalue weighted by atomic mass is 10.3. The normalized spacial score (nSPS) is 21.4. The minimum Gasteiger partial charge on any atom is -0.506 e. The molecule has 0 bridgehead atoms. The Morgan fingerprint density at radius 2 is 2.38 bits per heavy atom. The zero-order chi connectivity index (χ0) is 11.0. The van der Waals surface area contributed by atoms with Gasteiger partial charge in [-0.25, -0.2) is 0 Å². The van der Waals surface area contributed by atoms with Crippen LogP contribution in [-0.4, -0.2) is 39.4 Å². The average molecular weight is 220 g/mol. The molecule has 1 saturated heterocycles. The zero-order valence-corrected chi connectivity index (χ0v) is 8.63. The van der Waals surface area contributed by atoms with Crippen LogP contribution in [0, 0.1) is 0 Å². The number of rotatable bonds is 1. The maximum atomic E-state index is 9.44. The van der Waals surface area contributed by atoms with Crippen LogP contribution < -0.4 is 5.32 Å². The zero-order valence-electron chi connectivity index (χ0n) is 8.63. The first-order chi connectivity index (χ1) is 7.84. The van der Waals surface area contributed by atoms with Gasteiger partial charge in [-0.05, 0) is 12.1 Å². The van der Waals surface area contributed by atoms with Crippen LogP contribution in [-0.2, 0) is 4.74 Å². The van der Waals surface area contributed by atoms with Crippen LogP contribution in [0.3, 0.4) is 0 Å². The molecule has 0 saturated carbocycles. The SMILES string of the molecule is Oc1ccc2nnc(C3CNCCO3)n2c1. The quantitative estimate of drug-likeness (QED) is 0.713. The Bertz CT molecular complexity index is 504. The second-order valence-corrected chi connectivity index (χ2v) is 3.74. The van der Waals surface area contributed by atoms with Gasteiger partial charge in [0.2, 0.25) is 0 Å². The van der Waals surface area contributed by atoms with Gasteiger partial charge in [0.15, 0.2) is 11.5 Å². The smallest absolute Gasteiger partial charge is 0.168 e. The van der Waals surface area contributed by atoms with Gasteiger partial charge in [-0.15, -0.1) is 10.2 Å². The number of hydrogen-bond donors (Lipinski definition) is 2. The molecule has 2 aromatic rings. The van der Waals surface area contributed by atoms with Crippen molar-refractivity contribution in [3.8, 4) is 5.75 Å². The topological polar surface area (TPSA) is 71.7 Å². The van der Waals surface area contributed by atoms with E-state index < -0.39 is 0 Å². The largest absolute Gasteiger partial charge is 0.506 e. The summed E-state index contributed by atoms with van der Waals surface area (Å²) in [6, 6.07) is 3.32. The molecule has 3 rings (SSSR count). The molecule has 2 N–H and O–H groups in total. The fourth-order valence-electron chi connectivity index (χ4n) is 1.85. The van der Waals surface area contributed by atoms with Crippen LogP contribution in [0.25, 0.3) is 5.65 Å². The molecular formula is C10H12N4O2. The summed E-state index contributed by atoms with van der Waals surface area (Å²) in [7, 11) is 0. The minimum absolute atomic E-state index is 0.106. The van der Waals surface area contributed by atoms with Crippen molar-refractivity contribution in [3.05, 3.63) is 24.2 Å². The Kier molecular flexibility index (Phi) is 2.23. The summed E-state index contributed by atoms with van der Waals surface area (Å²) in [4.78, 5) is 0. The van der Waals surface area contributed by atoms with E-state index in [1.54, 1.807) is 22.7 Å². The molecule has 0 spiro atoms. The lowest BCUT2D eigenvalue weighted by Gasteiger charge is -2.21. The number of aromatic hydroxyl groups is 1. The lowest BCUT2D eigenvalue weighted by Crippen LogP contribution is -2.34. The van der Waals surface area contributed by atoms with Crippen molar-refractivity contribution < 1.29 is 9.84 Å².